The van der Waals surface area contributed by atoms with Crippen LogP contribution in [0.15, 0.2) is 155 Å². The Morgan fingerprint density at radius 2 is 1.04 bits per heavy atom. The van der Waals surface area contributed by atoms with Gasteiger partial charge in [0.15, 0.2) is 0 Å². The first-order valence-corrected chi connectivity index (χ1v) is 19.1. The second-order valence-corrected chi connectivity index (χ2v) is 15.5. The van der Waals surface area contributed by atoms with Crippen molar-refractivity contribution in [2.45, 2.75) is 74.9 Å². The van der Waals surface area contributed by atoms with Gasteiger partial charge in [0, 0.05) is 47.7 Å². The van der Waals surface area contributed by atoms with Gasteiger partial charge in [0.25, 0.3) is 0 Å². The Balaban J connectivity index is 1.36. The Bertz CT molecular complexity index is 1650. The van der Waals surface area contributed by atoms with Crippen LogP contribution in [0.3, 0.4) is 0 Å². The molecule has 0 radical (unpaired) electrons. The lowest BCUT2D eigenvalue weighted by Gasteiger charge is -2.50. The molecule has 2 unspecified atom stereocenters. The average Bonchev–Trinajstić information content (AvgIpc) is 3.13. The maximum absolute atomic E-state index is 7.24. The molecule has 1 saturated heterocycles. The molecule has 3 bridgehead atoms. The normalized spacial score (nSPS) is 34.1. The minimum atomic E-state index is -4.19. The summed E-state index contributed by atoms with van der Waals surface area (Å²) in [5.74, 6) is 1.84. The zero-order valence-electron chi connectivity index (χ0n) is 26.5. The second kappa shape index (κ2) is 12.4. The highest BCUT2D eigenvalue weighted by Crippen LogP contribution is 2.45. The summed E-state index contributed by atoms with van der Waals surface area (Å²) in [6.07, 6.45) is 26.6. The third kappa shape index (κ3) is 5.46. The smallest absolute Gasteiger partial charge is 0.723 e. The molecule has 1 fully saturated rings. The monoisotopic (exact) mass is 639 g/mol. The van der Waals surface area contributed by atoms with Crippen LogP contribution in [0.4, 0.5) is 0 Å². The van der Waals surface area contributed by atoms with E-state index in [0.717, 1.165) is 61.2 Å². The van der Waals surface area contributed by atoms with Gasteiger partial charge in [0.1, 0.15) is 0 Å². The zero-order valence-corrected chi connectivity index (χ0v) is 27.6. The molecule has 2 N–H and O–H groups in total. The van der Waals surface area contributed by atoms with E-state index in [2.05, 4.69) is 132 Å². The van der Waals surface area contributed by atoms with Gasteiger partial charge in [-0.1, -0.05) is 121 Å². The molecule has 7 heteroatoms. The number of rotatable bonds is 2. The number of benzene rings is 2. The summed E-state index contributed by atoms with van der Waals surface area (Å²) in [6, 6.07) is 21.3. The van der Waals surface area contributed by atoms with Crippen LogP contribution >= 0.6 is 0 Å². The first-order chi connectivity index (χ1) is 23.2. The number of allylic oxidation sites excluding steroid dienone is 8. The maximum Gasteiger partial charge on any atom is 1.04 e. The van der Waals surface area contributed by atoms with Crippen LogP contribution in [0.25, 0.3) is 0 Å². The minimum absolute atomic E-state index is 0.107. The van der Waals surface area contributed by atoms with Crippen molar-refractivity contribution in [2.75, 3.05) is 0 Å². The Hall–Kier alpha value is -3.67. The summed E-state index contributed by atoms with van der Waals surface area (Å²) < 4.78 is 28.9. The van der Waals surface area contributed by atoms with Gasteiger partial charge in [-0.15, -0.1) is 0 Å². The summed E-state index contributed by atoms with van der Waals surface area (Å²) in [6.45, 7) is 0. The Labute approximate surface area is 280 Å². The topological polar surface area (TPSA) is 61.0 Å². The Morgan fingerprint density at radius 3 is 1.51 bits per heavy atom. The fraction of sp³-hybridized carbons (Fsp3) is 0.300. The van der Waals surface area contributed by atoms with Gasteiger partial charge in [0.2, 0.25) is 0 Å². The molecule has 0 amide bonds. The van der Waals surface area contributed by atoms with Gasteiger partial charge in [-0.2, -0.15) is 0 Å². The average molecular weight is 640 g/mol. The van der Waals surface area contributed by atoms with E-state index in [1.165, 1.54) is 22.3 Å². The molecule has 4 aliphatic carbocycles. The van der Waals surface area contributed by atoms with Crippen LogP contribution in [0, 0.1) is 0 Å². The molecule has 6 nitrogen and oxygen atoms in total. The highest BCUT2D eigenvalue weighted by molar-refractivity contribution is 6.54. The van der Waals surface area contributed by atoms with Crippen molar-refractivity contribution in [1.29, 1.82) is 0 Å². The van der Waals surface area contributed by atoms with Crippen LogP contribution in [0.1, 0.15) is 61.7 Å². The lowest BCUT2D eigenvalue weighted by molar-refractivity contribution is -0.0434. The summed E-state index contributed by atoms with van der Waals surface area (Å²) >= 11 is -4.19. The fourth-order valence-electron chi connectivity index (χ4n) is 8.27. The van der Waals surface area contributed by atoms with Crippen LogP contribution in [0.2, 0.25) is 0 Å². The lowest BCUT2D eigenvalue weighted by Crippen LogP contribution is -2.58. The summed E-state index contributed by atoms with van der Waals surface area (Å²) in [4.78, 5) is 0. The molecule has 6 heterocycles. The van der Waals surface area contributed by atoms with Crippen LogP contribution in [-0.2, 0) is 15.2 Å². The van der Waals surface area contributed by atoms with Gasteiger partial charge >= 0.3 is 14.4 Å². The largest absolute Gasteiger partial charge is 1.04 e. The highest BCUT2D eigenvalue weighted by Gasteiger charge is 2.61. The van der Waals surface area contributed by atoms with Crippen molar-refractivity contribution in [1.82, 2.24) is 10.6 Å². The standard InChI is InChI=1S/C40H42N2O4.Al/c43-33-23-11-7-19-29(33)39(30-20-8-12-24-34(30)44)41-37(27-15-3-1-4-16-27)38(28-17-5-2-6-18-28)42-40(31-21-9-13-25-35(31)45)32-22-10-14-26-36(32)46;/h1-11,13,15-22,33,35,37-42,44,46H,12,14,23-26H2;/q-2;+3/p-2/t33-,35-,37-,38-,39?,40?;/m1./s1. The van der Waals surface area contributed by atoms with E-state index in [9.17, 15) is 0 Å². The molecule has 0 saturated carbocycles. The van der Waals surface area contributed by atoms with Gasteiger partial charge in [-0.3, -0.25) is 10.6 Å². The van der Waals surface area contributed by atoms with E-state index < -0.39 is 14.4 Å². The summed E-state index contributed by atoms with van der Waals surface area (Å²) in [5.41, 5.74) is 7.09. The third-order valence-corrected chi connectivity index (χ3v) is 12.9. The molecular formula is C40H40AlN2O4-. The molecule has 47 heavy (non-hydrogen) atoms. The van der Waals surface area contributed by atoms with Crippen molar-refractivity contribution in [3.63, 3.8) is 0 Å². The second-order valence-electron chi connectivity index (χ2n) is 13.3. The molecule has 12 rings (SSSR count). The molecule has 0 aromatic heterocycles. The minimum Gasteiger partial charge on any atom is -0.723 e. The number of hydrogen-bond donors (Lipinski definition) is 2. The van der Waals surface area contributed by atoms with Crippen molar-refractivity contribution >= 4 is 14.4 Å². The van der Waals surface area contributed by atoms with E-state index in [0.29, 0.717) is 0 Å². The van der Waals surface area contributed by atoms with E-state index >= 15 is 0 Å². The van der Waals surface area contributed by atoms with Gasteiger partial charge in [0.05, 0.1) is 24.2 Å². The zero-order chi connectivity index (χ0) is 31.2. The number of hydrogen-bond acceptors (Lipinski definition) is 6. The Morgan fingerprint density at radius 1 is 0.574 bits per heavy atom. The molecule has 10 aliphatic rings. The first kappa shape index (κ1) is 29.5. The fourth-order valence-corrected chi connectivity index (χ4v) is 11.2. The summed E-state index contributed by atoms with van der Waals surface area (Å²) in [7, 11) is 0. The van der Waals surface area contributed by atoms with Crippen LogP contribution < -0.4 is 10.6 Å². The SMILES string of the molecule is C1=CC[C@H]2[O][Al-]34[O]C5=C(C=CCC5)C(N[C@H](c5ccccc5)[C@@H](c5ccccc5)NC(C5=CC=CC[C@H]5[O]3)C3=C(CCC=C3)[O]4)C2=C1. The molecule has 2 aromatic carbocycles. The molecule has 1 spiro atoms. The predicted octanol–water partition coefficient (Wildman–Crippen LogP) is 7.65. The highest BCUT2D eigenvalue weighted by atomic mass is 27.3. The van der Waals surface area contributed by atoms with E-state index in [1.54, 1.807) is 0 Å². The lowest BCUT2D eigenvalue weighted by atomic mass is 9.83. The van der Waals surface area contributed by atoms with Gasteiger partial charge < -0.3 is 15.2 Å². The molecule has 6 aliphatic heterocycles. The Kier molecular flexibility index (Phi) is 7.78. The van der Waals surface area contributed by atoms with Crippen molar-refractivity contribution in [3.05, 3.63) is 166 Å². The first-order valence-electron chi connectivity index (χ1n) is 17.3. The van der Waals surface area contributed by atoms with E-state index in [4.69, 9.17) is 15.2 Å². The van der Waals surface area contributed by atoms with Gasteiger partial charge in [-0.25, -0.2) is 0 Å². The molecule has 238 valence electrons. The third-order valence-electron chi connectivity index (χ3n) is 10.5. The van der Waals surface area contributed by atoms with Crippen LogP contribution in [-0.4, -0.2) is 38.7 Å². The van der Waals surface area contributed by atoms with Crippen LogP contribution in [0.5, 0.6) is 0 Å². The predicted molar refractivity (Wildman–Crippen MR) is 184 cm³/mol. The van der Waals surface area contributed by atoms with Crippen molar-refractivity contribution in [3.8, 4) is 0 Å². The quantitative estimate of drug-likeness (QED) is 0.330. The maximum atomic E-state index is 7.24. The number of nitrogens with one attached hydrogen (secondary N) is 2. The van der Waals surface area contributed by atoms with Crippen molar-refractivity contribution in [2.24, 2.45) is 0 Å². The van der Waals surface area contributed by atoms with Gasteiger partial charge in [-0.05, 0) is 48.0 Å². The summed E-state index contributed by atoms with van der Waals surface area (Å²) in [5, 5.41) is 8.48. The van der Waals surface area contributed by atoms with E-state index in [-0.39, 0.29) is 36.4 Å². The molecule has 6 atom stereocenters. The molecular weight excluding hydrogens is 599 g/mol. The molecule has 2 aromatic rings. The van der Waals surface area contributed by atoms with E-state index in [1.807, 2.05) is 0 Å². The van der Waals surface area contributed by atoms with Crippen molar-refractivity contribution < 1.29 is 15.2 Å².